The molecular weight excluding hydrogens is 507 g/mol. The summed E-state index contributed by atoms with van der Waals surface area (Å²) in [5, 5.41) is 6.71. The maximum Gasteiger partial charge on any atom is 0.321 e. The van der Waals surface area contributed by atoms with E-state index in [2.05, 4.69) is 25.2 Å². The smallest absolute Gasteiger partial charge is 0.321 e. The summed E-state index contributed by atoms with van der Waals surface area (Å²) >= 11 is 0. The Kier molecular flexibility index (Phi) is 6.77. The van der Waals surface area contributed by atoms with Crippen molar-refractivity contribution in [3.8, 4) is 23.0 Å². The fourth-order valence-electron chi connectivity index (χ4n) is 5.05. The summed E-state index contributed by atoms with van der Waals surface area (Å²) in [4.78, 5) is 20.9. The van der Waals surface area contributed by atoms with Gasteiger partial charge in [-0.2, -0.15) is 0 Å². The molecule has 9 heteroatoms. The van der Waals surface area contributed by atoms with E-state index in [1.807, 2.05) is 49.4 Å². The zero-order valence-corrected chi connectivity index (χ0v) is 22.0. The monoisotopic (exact) mass is 536 g/mol. The Morgan fingerprint density at radius 1 is 1.05 bits per heavy atom. The van der Waals surface area contributed by atoms with Gasteiger partial charge in [-0.1, -0.05) is 24.3 Å². The number of anilines is 2. The van der Waals surface area contributed by atoms with Gasteiger partial charge in [0.25, 0.3) is 0 Å². The number of nitrogens with one attached hydrogen (secondary N) is 2. The molecule has 6 rings (SSSR count). The molecule has 2 amide bonds. The highest BCUT2D eigenvalue weighted by Gasteiger charge is 2.27. The van der Waals surface area contributed by atoms with Crippen LogP contribution in [0.3, 0.4) is 0 Å². The third-order valence-electron chi connectivity index (χ3n) is 7.34. The predicted molar refractivity (Wildman–Crippen MR) is 154 cm³/mol. The number of nitrogens with zero attached hydrogens (tertiary/aromatic N) is 3. The lowest BCUT2D eigenvalue weighted by atomic mass is 9.92. The lowest BCUT2D eigenvalue weighted by Crippen LogP contribution is -2.31. The first-order valence-corrected chi connectivity index (χ1v) is 13.3. The second-order valence-corrected chi connectivity index (χ2v) is 9.98. The van der Waals surface area contributed by atoms with Gasteiger partial charge in [0, 0.05) is 41.1 Å². The maximum absolute atomic E-state index is 13.2. The van der Waals surface area contributed by atoms with Gasteiger partial charge in [0.15, 0.2) is 0 Å². The third-order valence-corrected chi connectivity index (χ3v) is 7.34. The molecule has 0 unspecified atom stereocenters. The molecule has 202 valence electrons. The first-order chi connectivity index (χ1) is 19.5. The Labute approximate surface area is 231 Å². The zero-order valence-electron chi connectivity index (χ0n) is 22.0. The minimum Gasteiger partial charge on any atom is -0.424 e. The van der Waals surface area contributed by atoms with Crippen LogP contribution in [0, 0.1) is 5.82 Å². The number of benzene rings is 3. The molecule has 40 heavy (non-hydrogen) atoms. The SMILES string of the molecule is C[C@H](NC(=O)Nc1ccc(-c2c(N)c3ccc(Oc4ncccn4)cc3n2C2CCC2)cc1)c1ccc(F)cc1. The number of rotatable bonds is 7. The number of ether oxygens (including phenoxy) is 1. The van der Waals surface area contributed by atoms with E-state index in [0.29, 0.717) is 23.2 Å². The van der Waals surface area contributed by atoms with Crippen molar-refractivity contribution in [3.63, 3.8) is 0 Å². The van der Waals surface area contributed by atoms with Crippen molar-refractivity contribution in [2.75, 3.05) is 11.1 Å². The minimum absolute atomic E-state index is 0.278. The van der Waals surface area contributed by atoms with E-state index in [1.54, 1.807) is 30.6 Å². The molecule has 0 saturated heterocycles. The van der Waals surface area contributed by atoms with E-state index in [0.717, 1.165) is 40.6 Å². The van der Waals surface area contributed by atoms with Crippen molar-refractivity contribution in [3.05, 3.63) is 96.6 Å². The number of aromatic nitrogens is 3. The van der Waals surface area contributed by atoms with Crippen LogP contribution in [-0.4, -0.2) is 20.6 Å². The largest absolute Gasteiger partial charge is 0.424 e. The Bertz CT molecular complexity index is 1650. The quantitative estimate of drug-likeness (QED) is 0.204. The molecule has 1 aliphatic carbocycles. The van der Waals surface area contributed by atoms with Gasteiger partial charge in [-0.15, -0.1) is 0 Å². The third kappa shape index (κ3) is 5.05. The molecule has 0 bridgehead atoms. The molecule has 0 aliphatic heterocycles. The molecule has 3 aromatic carbocycles. The minimum atomic E-state index is -0.345. The van der Waals surface area contributed by atoms with Gasteiger partial charge in [0.2, 0.25) is 0 Å². The van der Waals surface area contributed by atoms with Gasteiger partial charge in [-0.05, 0) is 74.2 Å². The number of carbonyl (C=O) groups excluding carboxylic acids is 1. The first-order valence-electron chi connectivity index (χ1n) is 13.3. The summed E-state index contributed by atoms with van der Waals surface area (Å²) < 4.78 is 21.4. The molecule has 1 atom stereocenters. The zero-order chi connectivity index (χ0) is 27.6. The molecule has 1 aliphatic rings. The van der Waals surface area contributed by atoms with Gasteiger partial charge in [0.05, 0.1) is 22.9 Å². The Morgan fingerprint density at radius 2 is 1.77 bits per heavy atom. The molecule has 1 saturated carbocycles. The van der Waals surface area contributed by atoms with Crippen LogP contribution in [0.15, 0.2) is 85.2 Å². The highest BCUT2D eigenvalue weighted by atomic mass is 19.1. The van der Waals surface area contributed by atoms with Gasteiger partial charge in [-0.25, -0.2) is 19.2 Å². The van der Waals surface area contributed by atoms with Gasteiger partial charge >= 0.3 is 12.0 Å². The lowest BCUT2D eigenvalue weighted by Gasteiger charge is -2.30. The highest BCUT2D eigenvalue weighted by molar-refractivity contribution is 6.02. The molecule has 1 fully saturated rings. The molecule has 0 spiro atoms. The summed E-state index contributed by atoms with van der Waals surface area (Å²) in [6.07, 6.45) is 6.61. The van der Waals surface area contributed by atoms with Crippen molar-refractivity contribution in [2.24, 2.45) is 0 Å². The number of fused-ring (bicyclic) bond motifs is 1. The molecule has 2 heterocycles. The topological polar surface area (TPSA) is 107 Å². The average molecular weight is 537 g/mol. The molecule has 2 aromatic heterocycles. The van der Waals surface area contributed by atoms with Gasteiger partial charge in [0.1, 0.15) is 11.6 Å². The van der Waals surface area contributed by atoms with Crippen molar-refractivity contribution < 1.29 is 13.9 Å². The van der Waals surface area contributed by atoms with Crippen LogP contribution in [-0.2, 0) is 0 Å². The number of carbonyl (C=O) groups is 1. The molecular formula is C31H29FN6O2. The van der Waals surface area contributed by atoms with Crippen LogP contribution < -0.4 is 21.1 Å². The van der Waals surface area contributed by atoms with Crippen LogP contribution >= 0.6 is 0 Å². The normalized spacial score (nSPS) is 13.9. The van der Waals surface area contributed by atoms with Crippen LogP contribution in [0.4, 0.5) is 20.6 Å². The summed E-state index contributed by atoms with van der Waals surface area (Å²) in [5.41, 5.74) is 11.8. The number of hydrogen-bond donors (Lipinski definition) is 3. The molecule has 0 radical (unpaired) electrons. The van der Waals surface area contributed by atoms with E-state index in [-0.39, 0.29) is 23.9 Å². The van der Waals surface area contributed by atoms with Crippen LogP contribution in [0.5, 0.6) is 11.8 Å². The number of amides is 2. The van der Waals surface area contributed by atoms with Crippen LogP contribution in [0.1, 0.15) is 43.8 Å². The summed E-state index contributed by atoms with van der Waals surface area (Å²) in [5.74, 6) is 0.330. The molecule has 5 aromatic rings. The van der Waals surface area contributed by atoms with E-state index >= 15 is 0 Å². The number of nitrogen functional groups attached to an aromatic ring is 1. The Morgan fingerprint density at radius 3 is 2.45 bits per heavy atom. The summed E-state index contributed by atoms with van der Waals surface area (Å²) in [6.45, 7) is 1.85. The van der Waals surface area contributed by atoms with Gasteiger partial charge < -0.3 is 25.7 Å². The van der Waals surface area contributed by atoms with Crippen molar-refractivity contribution >= 4 is 28.3 Å². The van der Waals surface area contributed by atoms with Crippen LogP contribution in [0.2, 0.25) is 0 Å². The van der Waals surface area contributed by atoms with E-state index in [1.165, 1.54) is 18.6 Å². The number of hydrogen-bond acceptors (Lipinski definition) is 5. The highest BCUT2D eigenvalue weighted by Crippen LogP contribution is 2.45. The first kappa shape index (κ1) is 25.4. The lowest BCUT2D eigenvalue weighted by molar-refractivity contribution is 0.249. The number of urea groups is 1. The van der Waals surface area contributed by atoms with E-state index in [4.69, 9.17) is 10.5 Å². The van der Waals surface area contributed by atoms with Crippen molar-refractivity contribution in [1.82, 2.24) is 19.9 Å². The molecule has 4 N–H and O–H groups in total. The number of nitrogens with two attached hydrogens (primary N) is 1. The Hall–Kier alpha value is -4.92. The second-order valence-electron chi connectivity index (χ2n) is 9.98. The summed E-state index contributed by atoms with van der Waals surface area (Å²) in [7, 11) is 0. The van der Waals surface area contributed by atoms with Crippen molar-refractivity contribution in [1.29, 1.82) is 0 Å². The van der Waals surface area contributed by atoms with Crippen molar-refractivity contribution in [2.45, 2.75) is 38.3 Å². The average Bonchev–Trinajstić information content (AvgIpc) is 3.20. The summed E-state index contributed by atoms with van der Waals surface area (Å²) in [6, 6.07) is 21.3. The second kappa shape index (κ2) is 10.7. The van der Waals surface area contributed by atoms with E-state index < -0.39 is 0 Å². The maximum atomic E-state index is 13.2. The predicted octanol–water partition coefficient (Wildman–Crippen LogP) is 7.22. The molecule has 8 nitrogen and oxygen atoms in total. The fourth-order valence-corrected chi connectivity index (χ4v) is 5.05. The van der Waals surface area contributed by atoms with Gasteiger partial charge in [-0.3, -0.25) is 0 Å². The van der Waals surface area contributed by atoms with Crippen LogP contribution in [0.25, 0.3) is 22.2 Å². The Balaban J connectivity index is 1.25. The standard InChI is InChI=1S/C31H29FN6O2/c1-19(20-6-10-22(32)11-7-20)36-30(39)37-23-12-8-21(9-13-23)29-28(33)26-15-14-25(40-31-34-16-3-17-35-31)18-27(26)38(29)24-4-2-5-24/h3,6-19,24H,2,4-5,33H2,1H3,(H2,36,37,39)/t19-/m0/s1. The number of halogens is 1. The fraction of sp³-hybridized carbons (Fsp3) is 0.194. The van der Waals surface area contributed by atoms with E-state index in [9.17, 15) is 9.18 Å².